The van der Waals surface area contributed by atoms with Gasteiger partial charge in [-0.2, -0.15) is 13.3 Å². The molecule has 6 nitrogen and oxygen atoms in total. The molecule has 0 saturated heterocycles. The predicted molar refractivity (Wildman–Crippen MR) is 51.5 cm³/mol. The molecule has 0 aliphatic carbocycles. The average molecular weight is 230 g/mol. The number of nitrogens with zero attached hydrogens (tertiary/aromatic N) is 4. The van der Waals surface area contributed by atoms with E-state index in [0.717, 1.165) is 4.57 Å². The third-order valence-corrected chi connectivity index (χ3v) is 2.35. The number of aromatic nitrogens is 4. The van der Waals surface area contributed by atoms with E-state index in [0.29, 0.717) is 0 Å². The number of hydrogen-bond acceptors (Lipinski definition) is 3. The first-order chi connectivity index (χ1) is 7.45. The highest BCUT2D eigenvalue weighted by Crippen LogP contribution is 2.07. The monoisotopic (exact) mass is 230 g/mol. The third kappa shape index (κ3) is 1.19. The van der Waals surface area contributed by atoms with Gasteiger partial charge in [-0.3, -0.25) is 9.36 Å². The van der Waals surface area contributed by atoms with Crippen LogP contribution in [0.3, 0.4) is 0 Å². The molecule has 8 heteroatoms. The first-order valence-corrected chi connectivity index (χ1v) is 4.36. The molecule has 0 spiro atoms. The SMILES string of the molecule is Cn1cnc2c1c(=O)n(C(F)F)c(=O)n2C. The van der Waals surface area contributed by atoms with E-state index in [1.165, 1.54) is 25.0 Å². The molecule has 0 fully saturated rings. The van der Waals surface area contributed by atoms with Crippen molar-refractivity contribution in [3.63, 3.8) is 0 Å². The summed E-state index contributed by atoms with van der Waals surface area (Å²) in [5, 5.41) is 0. The lowest BCUT2D eigenvalue weighted by atomic mass is 10.5. The smallest absolute Gasteiger partial charge is 0.328 e. The van der Waals surface area contributed by atoms with Gasteiger partial charge in [0.05, 0.1) is 6.33 Å². The summed E-state index contributed by atoms with van der Waals surface area (Å²) in [5.41, 5.74) is -2.05. The molecule has 0 atom stereocenters. The summed E-state index contributed by atoms with van der Waals surface area (Å²) < 4.78 is 27.2. The summed E-state index contributed by atoms with van der Waals surface area (Å²) in [5.74, 6) is 0. The largest absolute Gasteiger partial charge is 0.337 e. The Kier molecular flexibility index (Phi) is 2.14. The normalized spacial score (nSPS) is 11.6. The molecule has 0 radical (unpaired) electrons. The van der Waals surface area contributed by atoms with E-state index in [-0.39, 0.29) is 15.7 Å². The van der Waals surface area contributed by atoms with Gasteiger partial charge in [-0.25, -0.2) is 9.78 Å². The van der Waals surface area contributed by atoms with Crippen LogP contribution in [0.25, 0.3) is 11.2 Å². The fourth-order valence-electron chi connectivity index (χ4n) is 1.54. The summed E-state index contributed by atoms with van der Waals surface area (Å²) in [6.45, 7) is -3.16. The van der Waals surface area contributed by atoms with Gasteiger partial charge in [0.25, 0.3) is 5.56 Å². The molecule has 0 N–H and O–H groups in total. The van der Waals surface area contributed by atoms with Crippen LogP contribution in [0.15, 0.2) is 15.9 Å². The van der Waals surface area contributed by atoms with Crippen molar-refractivity contribution >= 4 is 11.2 Å². The van der Waals surface area contributed by atoms with Crippen molar-refractivity contribution in [1.82, 2.24) is 18.7 Å². The lowest BCUT2D eigenvalue weighted by Gasteiger charge is -2.06. The molecule has 2 heterocycles. The molecule has 0 aromatic carbocycles. The van der Waals surface area contributed by atoms with Gasteiger partial charge in [-0.15, -0.1) is 0 Å². The quantitative estimate of drug-likeness (QED) is 0.683. The van der Waals surface area contributed by atoms with E-state index in [1.54, 1.807) is 0 Å². The first kappa shape index (κ1) is 10.5. The van der Waals surface area contributed by atoms with E-state index >= 15 is 0 Å². The molecular formula is C8H8F2N4O2. The van der Waals surface area contributed by atoms with Gasteiger partial charge in [0.1, 0.15) is 0 Å². The Balaban J connectivity index is 3.10. The lowest BCUT2D eigenvalue weighted by molar-refractivity contribution is 0.0607. The molecule has 2 aromatic heterocycles. The van der Waals surface area contributed by atoms with Crippen molar-refractivity contribution < 1.29 is 8.78 Å². The van der Waals surface area contributed by atoms with Crippen molar-refractivity contribution in [2.24, 2.45) is 14.1 Å². The minimum Gasteiger partial charge on any atom is -0.328 e. The van der Waals surface area contributed by atoms with E-state index < -0.39 is 17.8 Å². The van der Waals surface area contributed by atoms with Crippen LogP contribution in [0.2, 0.25) is 0 Å². The summed E-state index contributed by atoms with van der Waals surface area (Å²) in [4.78, 5) is 26.9. The van der Waals surface area contributed by atoms with Gasteiger partial charge in [0.15, 0.2) is 11.2 Å². The van der Waals surface area contributed by atoms with Gasteiger partial charge in [0, 0.05) is 14.1 Å². The Morgan fingerprint density at radius 3 is 2.50 bits per heavy atom. The number of rotatable bonds is 1. The van der Waals surface area contributed by atoms with Gasteiger partial charge in [-0.05, 0) is 0 Å². The van der Waals surface area contributed by atoms with Crippen LogP contribution >= 0.6 is 0 Å². The molecule has 0 amide bonds. The first-order valence-electron chi connectivity index (χ1n) is 4.36. The standard InChI is InChI=1S/C8H8F2N4O2/c1-12-3-11-5-4(12)6(15)14(7(9)10)8(16)13(5)2/h3,7H,1-2H3. The van der Waals surface area contributed by atoms with Gasteiger partial charge in [0.2, 0.25) is 0 Å². The molecule has 0 saturated carbocycles. The summed E-state index contributed by atoms with van der Waals surface area (Å²) in [6.07, 6.45) is 1.29. The Morgan fingerprint density at radius 2 is 1.94 bits per heavy atom. The molecule has 0 aliphatic rings. The Hall–Kier alpha value is -1.99. The zero-order valence-corrected chi connectivity index (χ0v) is 8.52. The van der Waals surface area contributed by atoms with Crippen molar-refractivity contribution in [2.45, 2.75) is 6.55 Å². The van der Waals surface area contributed by atoms with Gasteiger partial charge < -0.3 is 4.57 Å². The molecular weight excluding hydrogens is 222 g/mol. The van der Waals surface area contributed by atoms with Crippen LogP contribution in [0.1, 0.15) is 6.55 Å². The Labute approximate surface area is 87.4 Å². The third-order valence-electron chi connectivity index (χ3n) is 2.35. The maximum atomic E-state index is 12.6. The highest BCUT2D eigenvalue weighted by molar-refractivity contribution is 5.69. The van der Waals surface area contributed by atoms with Crippen LogP contribution in [-0.4, -0.2) is 18.7 Å². The molecule has 0 bridgehead atoms. The van der Waals surface area contributed by atoms with Crippen LogP contribution in [0, 0.1) is 0 Å². The van der Waals surface area contributed by atoms with Crippen LogP contribution in [-0.2, 0) is 14.1 Å². The number of alkyl halides is 2. The maximum absolute atomic E-state index is 12.6. The highest BCUT2D eigenvalue weighted by atomic mass is 19.3. The number of hydrogen-bond donors (Lipinski definition) is 0. The Morgan fingerprint density at radius 1 is 1.31 bits per heavy atom. The lowest BCUT2D eigenvalue weighted by Crippen LogP contribution is -2.40. The highest BCUT2D eigenvalue weighted by Gasteiger charge is 2.19. The van der Waals surface area contributed by atoms with Crippen LogP contribution in [0.5, 0.6) is 0 Å². The van der Waals surface area contributed by atoms with E-state index in [2.05, 4.69) is 4.98 Å². The number of aryl methyl sites for hydroxylation is 2. The van der Waals surface area contributed by atoms with Gasteiger partial charge >= 0.3 is 12.2 Å². The summed E-state index contributed by atoms with van der Waals surface area (Å²) in [7, 11) is 2.78. The molecule has 2 rings (SSSR count). The predicted octanol–water partition coefficient (Wildman–Crippen LogP) is -0.171. The Bertz CT molecular complexity index is 667. The molecule has 16 heavy (non-hydrogen) atoms. The second kappa shape index (κ2) is 3.26. The minimum atomic E-state index is -3.16. The molecule has 0 unspecified atom stereocenters. The molecule has 2 aromatic rings. The molecule has 0 aliphatic heterocycles. The van der Waals surface area contributed by atoms with E-state index in [1.807, 2.05) is 0 Å². The minimum absolute atomic E-state index is 0.0256. The number of fused-ring (bicyclic) bond motifs is 1. The zero-order valence-electron chi connectivity index (χ0n) is 8.52. The van der Waals surface area contributed by atoms with Crippen molar-refractivity contribution in [1.29, 1.82) is 0 Å². The van der Waals surface area contributed by atoms with Crippen molar-refractivity contribution in [3.8, 4) is 0 Å². The second-order valence-electron chi connectivity index (χ2n) is 3.32. The number of imidazole rings is 1. The summed E-state index contributed by atoms with van der Waals surface area (Å²) >= 11 is 0. The maximum Gasteiger partial charge on any atom is 0.337 e. The zero-order chi connectivity index (χ0) is 12.0. The fraction of sp³-hybridized carbons (Fsp3) is 0.375. The van der Waals surface area contributed by atoms with Crippen LogP contribution in [0.4, 0.5) is 8.78 Å². The second-order valence-corrected chi connectivity index (χ2v) is 3.32. The van der Waals surface area contributed by atoms with Crippen molar-refractivity contribution in [2.75, 3.05) is 0 Å². The topological polar surface area (TPSA) is 61.8 Å². The molecule has 86 valence electrons. The van der Waals surface area contributed by atoms with Crippen molar-refractivity contribution in [3.05, 3.63) is 27.2 Å². The van der Waals surface area contributed by atoms with Crippen LogP contribution < -0.4 is 11.2 Å². The fourth-order valence-corrected chi connectivity index (χ4v) is 1.54. The van der Waals surface area contributed by atoms with Gasteiger partial charge in [-0.1, -0.05) is 0 Å². The average Bonchev–Trinajstić information content (AvgIpc) is 2.57. The van der Waals surface area contributed by atoms with E-state index in [4.69, 9.17) is 0 Å². The summed E-state index contributed by atoms with van der Waals surface area (Å²) in [6, 6.07) is 0. The number of halogens is 2. The van der Waals surface area contributed by atoms with E-state index in [9.17, 15) is 18.4 Å².